The highest BCUT2D eigenvalue weighted by Gasteiger charge is 2.28. The van der Waals surface area contributed by atoms with E-state index in [0.717, 1.165) is 32.0 Å². The van der Waals surface area contributed by atoms with Gasteiger partial charge in [-0.1, -0.05) is 19.1 Å². The molecule has 0 amide bonds. The van der Waals surface area contributed by atoms with E-state index in [0.29, 0.717) is 6.04 Å². The van der Waals surface area contributed by atoms with Gasteiger partial charge in [-0.2, -0.15) is 0 Å². The Kier molecular flexibility index (Phi) is 4.63. The topological polar surface area (TPSA) is 29.3 Å². The standard InChI is InChI=1S/C12H24N2/c1-4-14(9-10(2)3)8-7-12(13)11-5-6-11/h11-12H,2,4-9,13H2,1,3H3. The maximum Gasteiger partial charge on any atom is 0.0187 e. The summed E-state index contributed by atoms with van der Waals surface area (Å²) >= 11 is 0. The first-order valence-electron chi connectivity index (χ1n) is 5.75. The Bertz CT molecular complexity index is 185. The maximum atomic E-state index is 6.06. The zero-order valence-corrected chi connectivity index (χ0v) is 9.63. The summed E-state index contributed by atoms with van der Waals surface area (Å²) in [7, 11) is 0. The molecule has 1 unspecified atom stereocenters. The molecular formula is C12H24N2. The fourth-order valence-electron chi connectivity index (χ4n) is 1.82. The van der Waals surface area contributed by atoms with Crippen molar-refractivity contribution in [2.75, 3.05) is 19.6 Å². The number of rotatable bonds is 7. The average molecular weight is 196 g/mol. The molecule has 2 N–H and O–H groups in total. The molecule has 0 radical (unpaired) electrons. The van der Waals surface area contributed by atoms with Gasteiger partial charge in [0.25, 0.3) is 0 Å². The smallest absolute Gasteiger partial charge is 0.0187 e. The summed E-state index contributed by atoms with van der Waals surface area (Å²) < 4.78 is 0. The van der Waals surface area contributed by atoms with Crippen molar-refractivity contribution in [2.45, 2.75) is 39.2 Å². The summed E-state index contributed by atoms with van der Waals surface area (Å²) in [6, 6.07) is 0.439. The molecule has 14 heavy (non-hydrogen) atoms. The molecule has 0 bridgehead atoms. The summed E-state index contributed by atoms with van der Waals surface area (Å²) in [4.78, 5) is 2.42. The fourth-order valence-corrected chi connectivity index (χ4v) is 1.82. The van der Waals surface area contributed by atoms with E-state index >= 15 is 0 Å². The van der Waals surface area contributed by atoms with Gasteiger partial charge in [0.2, 0.25) is 0 Å². The minimum atomic E-state index is 0.439. The van der Waals surface area contributed by atoms with E-state index in [1.54, 1.807) is 0 Å². The van der Waals surface area contributed by atoms with Crippen LogP contribution in [0.3, 0.4) is 0 Å². The molecule has 0 aromatic carbocycles. The fraction of sp³-hybridized carbons (Fsp3) is 0.833. The highest BCUT2D eigenvalue weighted by Crippen LogP contribution is 2.32. The van der Waals surface area contributed by atoms with E-state index in [9.17, 15) is 0 Å². The monoisotopic (exact) mass is 196 g/mol. The van der Waals surface area contributed by atoms with Gasteiger partial charge in [0, 0.05) is 12.6 Å². The molecule has 0 aromatic rings. The number of nitrogens with zero attached hydrogens (tertiary/aromatic N) is 1. The van der Waals surface area contributed by atoms with Crippen LogP contribution in [-0.2, 0) is 0 Å². The van der Waals surface area contributed by atoms with E-state index in [1.165, 1.54) is 18.4 Å². The van der Waals surface area contributed by atoms with Crippen molar-refractivity contribution < 1.29 is 0 Å². The minimum absolute atomic E-state index is 0.439. The summed E-state index contributed by atoms with van der Waals surface area (Å²) in [5.41, 5.74) is 7.31. The van der Waals surface area contributed by atoms with Crippen LogP contribution in [-0.4, -0.2) is 30.6 Å². The lowest BCUT2D eigenvalue weighted by molar-refractivity contribution is 0.293. The zero-order valence-electron chi connectivity index (χ0n) is 9.63. The summed E-state index contributed by atoms with van der Waals surface area (Å²) in [6.07, 6.45) is 3.85. The molecule has 0 aromatic heterocycles. The lowest BCUT2D eigenvalue weighted by atomic mass is 10.1. The molecular weight excluding hydrogens is 172 g/mol. The Morgan fingerprint density at radius 2 is 2.21 bits per heavy atom. The first-order chi connectivity index (χ1) is 6.63. The largest absolute Gasteiger partial charge is 0.327 e. The number of hydrogen-bond donors (Lipinski definition) is 1. The molecule has 0 heterocycles. The number of hydrogen-bond acceptors (Lipinski definition) is 2. The van der Waals surface area contributed by atoms with E-state index in [4.69, 9.17) is 5.73 Å². The maximum absolute atomic E-state index is 6.06. The van der Waals surface area contributed by atoms with Crippen LogP contribution in [0.15, 0.2) is 12.2 Å². The summed E-state index contributed by atoms with van der Waals surface area (Å²) in [5, 5.41) is 0. The van der Waals surface area contributed by atoms with Gasteiger partial charge in [-0.05, 0) is 45.2 Å². The van der Waals surface area contributed by atoms with Gasteiger partial charge in [-0.3, -0.25) is 4.90 Å². The van der Waals surface area contributed by atoms with Crippen LogP contribution >= 0.6 is 0 Å². The molecule has 1 aliphatic rings. The zero-order chi connectivity index (χ0) is 10.6. The molecule has 0 spiro atoms. The molecule has 1 fully saturated rings. The van der Waals surface area contributed by atoms with Crippen LogP contribution in [0.2, 0.25) is 0 Å². The average Bonchev–Trinajstić information content (AvgIpc) is 2.93. The minimum Gasteiger partial charge on any atom is -0.327 e. The van der Waals surface area contributed by atoms with Gasteiger partial charge in [0.1, 0.15) is 0 Å². The number of nitrogens with two attached hydrogens (primary N) is 1. The second-order valence-corrected chi connectivity index (χ2v) is 4.62. The lowest BCUT2D eigenvalue weighted by Crippen LogP contribution is -2.32. The van der Waals surface area contributed by atoms with E-state index in [1.807, 2.05) is 0 Å². The Hall–Kier alpha value is -0.340. The van der Waals surface area contributed by atoms with Crippen LogP contribution in [0.25, 0.3) is 0 Å². The van der Waals surface area contributed by atoms with Gasteiger partial charge in [-0.25, -0.2) is 0 Å². The van der Waals surface area contributed by atoms with Gasteiger partial charge in [0.05, 0.1) is 0 Å². The van der Waals surface area contributed by atoms with Crippen LogP contribution in [0.1, 0.15) is 33.1 Å². The third kappa shape index (κ3) is 4.25. The van der Waals surface area contributed by atoms with Gasteiger partial charge in [-0.15, -0.1) is 0 Å². The molecule has 0 aliphatic heterocycles. The van der Waals surface area contributed by atoms with Crippen molar-refractivity contribution in [1.82, 2.24) is 4.90 Å². The molecule has 2 nitrogen and oxygen atoms in total. The Morgan fingerprint density at radius 3 is 2.64 bits per heavy atom. The summed E-state index contributed by atoms with van der Waals surface area (Å²) in [6.45, 7) is 11.5. The third-order valence-electron chi connectivity index (χ3n) is 2.95. The molecule has 1 atom stereocenters. The van der Waals surface area contributed by atoms with Crippen LogP contribution in [0.4, 0.5) is 0 Å². The molecule has 1 aliphatic carbocycles. The molecule has 2 heteroatoms. The Balaban J connectivity index is 2.15. The van der Waals surface area contributed by atoms with Gasteiger partial charge < -0.3 is 5.73 Å². The quantitative estimate of drug-likeness (QED) is 0.631. The predicted molar refractivity (Wildman–Crippen MR) is 62.2 cm³/mol. The molecule has 1 saturated carbocycles. The van der Waals surface area contributed by atoms with Crippen molar-refractivity contribution in [1.29, 1.82) is 0 Å². The van der Waals surface area contributed by atoms with Crippen LogP contribution in [0, 0.1) is 5.92 Å². The number of likely N-dealkylation sites (N-methyl/N-ethyl adjacent to an activating group) is 1. The molecule has 0 saturated heterocycles. The van der Waals surface area contributed by atoms with Crippen LogP contribution < -0.4 is 5.73 Å². The van der Waals surface area contributed by atoms with Gasteiger partial charge in [0.15, 0.2) is 0 Å². The Morgan fingerprint density at radius 1 is 1.57 bits per heavy atom. The van der Waals surface area contributed by atoms with Crippen molar-refractivity contribution in [2.24, 2.45) is 11.7 Å². The predicted octanol–water partition coefficient (Wildman–Crippen LogP) is 2.01. The molecule has 82 valence electrons. The van der Waals surface area contributed by atoms with Crippen molar-refractivity contribution in [3.05, 3.63) is 12.2 Å². The van der Waals surface area contributed by atoms with Crippen molar-refractivity contribution in [3.8, 4) is 0 Å². The van der Waals surface area contributed by atoms with E-state index in [2.05, 4.69) is 25.3 Å². The first-order valence-corrected chi connectivity index (χ1v) is 5.75. The van der Waals surface area contributed by atoms with Gasteiger partial charge >= 0.3 is 0 Å². The second-order valence-electron chi connectivity index (χ2n) is 4.62. The first kappa shape index (κ1) is 11.7. The Labute approximate surface area is 88.2 Å². The van der Waals surface area contributed by atoms with Crippen molar-refractivity contribution in [3.63, 3.8) is 0 Å². The normalized spacial score (nSPS) is 18.6. The van der Waals surface area contributed by atoms with Crippen molar-refractivity contribution >= 4 is 0 Å². The van der Waals surface area contributed by atoms with Crippen LogP contribution in [0.5, 0.6) is 0 Å². The lowest BCUT2D eigenvalue weighted by Gasteiger charge is -2.22. The second kappa shape index (κ2) is 5.52. The van der Waals surface area contributed by atoms with E-state index in [-0.39, 0.29) is 0 Å². The highest BCUT2D eigenvalue weighted by atomic mass is 15.1. The molecule has 1 rings (SSSR count). The third-order valence-corrected chi connectivity index (χ3v) is 2.95. The SMILES string of the molecule is C=C(C)CN(CC)CCC(N)C1CC1. The summed E-state index contributed by atoms with van der Waals surface area (Å²) in [5.74, 6) is 0.832. The van der Waals surface area contributed by atoms with E-state index < -0.39 is 0 Å². The highest BCUT2D eigenvalue weighted by molar-refractivity contribution is 4.92.